The van der Waals surface area contributed by atoms with Gasteiger partial charge in [-0.1, -0.05) is 0 Å². The van der Waals surface area contributed by atoms with Gasteiger partial charge in [0, 0.05) is 6.54 Å². The van der Waals surface area contributed by atoms with Crippen LogP contribution < -0.4 is 11.7 Å². The standard InChI is InChI=1S/C8H17N3.H4N2/c1-4-9-8-10-6-5-7-11(2)3;1-2/h4-7H2,1-3H3;1-2H2. The molecule has 0 atom stereocenters. The van der Waals surface area contributed by atoms with E-state index in [0.717, 1.165) is 26.1 Å². The van der Waals surface area contributed by atoms with E-state index in [2.05, 4.69) is 46.7 Å². The largest absolute Gasteiger partial charge is 0.309 e. The molecule has 0 saturated carbocycles. The summed E-state index contributed by atoms with van der Waals surface area (Å²) < 4.78 is 0. The van der Waals surface area contributed by atoms with E-state index in [1.54, 1.807) is 0 Å². The highest BCUT2D eigenvalue weighted by Gasteiger charge is 1.86. The molecule has 0 aromatic rings. The Morgan fingerprint density at radius 2 is 1.85 bits per heavy atom. The number of rotatable bonds is 5. The molecule has 5 nitrogen and oxygen atoms in total. The highest BCUT2D eigenvalue weighted by atomic mass is 15.0. The lowest BCUT2D eigenvalue weighted by Crippen LogP contribution is -2.13. The first-order valence-electron chi connectivity index (χ1n) is 4.33. The molecule has 13 heavy (non-hydrogen) atoms. The predicted molar refractivity (Wildman–Crippen MR) is 56.8 cm³/mol. The van der Waals surface area contributed by atoms with E-state index in [9.17, 15) is 0 Å². The van der Waals surface area contributed by atoms with Crippen molar-refractivity contribution < 1.29 is 0 Å². The summed E-state index contributed by atoms with van der Waals surface area (Å²) >= 11 is 0. The molecule has 0 spiro atoms. The molecule has 0 aromatic heterocycles. The van der Waals surface area contributed by atoms with Crippen LogP contribution in [0.2, 0.25) is 0 Å². The molecule has 0 amide bonds. The third kappa shape index (κ3) is 18.3. The van der Waals surface area contributed by atoms with E-state index in [1.165, 1.54) is 0 Å². The van der Waals surface area contributed by atoms with Gasteiger partial charge in [-0.05, 0) is 34.0 Å². The number of hydrogen-bond acceptors (Lipinski definition) is 5. The molecule has 0 aliphatic heterocycles. The van der Waals surface area contributed by atoms with Crippen LogP contribution in [0.3, 0.4) is 0 Å². The van der Waals surface area contributed by atoms with Crippen LogP contribution in [0.1, 0.15) is 13.3 Å². The van der Waals surface area contributed by atoms with E-state index in [4.69, 9.17) is 0 Å². The minimum atomic E-state index is 0.775. The maximum Gasteiger partial charge on any atom is 0.0892 e. The van der Waals surface area contributed by atoms with Crippen molar-refractivity contribution >= 4 is 6.01 Å². The summed E-state index contributed by atoms with van der Waals surface area (Å²) in [6, 6.07) is 2.64. The Kier molecular flexibility index (Phi) is 15.7. The van der Waals surface area contributed by atoms with Crippen molar-refractivity contribution in [2.24, 2.45) is 21.7 Å². The normalized spacial score (nSPS) is 8.46. The van der Waals surface area contributed by atoms with Crippen LogP contribution in [0.25, 0.3) is 0 Å². The molecule has 0 bridgehead atoms. The van der Waals surface area contributed by atoms with Crippen molar-refractivity contribution in [3.63, 3.8) is 0 Å². The van der Waals surface area contributed by atoms with Crippen molar-refractivity contribution in [1.82, 2.24) is 4.90 Å². The first kappa shape index (κ1) is 14.8. The zero-order chi connectivity index (χ0) is 10.5. The summed E-state index contributed by atoms with van der Waals surface area (Å²) in [5.41, 5.74) is 0. The summed E-state index contributed by atoms with van der Waals surface area (Å²) in [6.45, 7) is 4.67. The minimum Gasteiger partial charge on any atom is -0.309 e. The fourth-order valence-corrected chi connectivity index (χ4v) is 0.637. The third-order valence-corrected chi connectivity index (χ3v) is 1.17. The molecule has 0 unspecified atom stereocenters. The Morgan fingerprint density at radius 3 is 2.31 bits per heavy atom. The summed E-state index contributed by atoms with van der Waals surface area (Å²) in [4.78, 5) is 9.99. The summed E-state index contributed by atoms with van der Waals surface area (Å²) in [7, 11) is 4.12. The third-order valence-electron chi connectivity index (χ3n) is 1.17. The van der Waals surface area contributed by atoms with Gasteiger partial charge >= 0.3 is 0 Å². The van der Waals surface area contributed by atoms with E-state index in [1.807, 2.05) is 6.92 Å². The number of aliphatic imine (C=N–C) groups is 2. The van der Waals surface area contributed by atoms with E-state index < -0.39 is 0 Å². The molecule has 4 N–H and O–H groups in total. The molecular formula is C8H21N5. The van der Waals surface area contributed by atoms with Crippen LogP contribution in [0.15, 0.2) is 9.98 Å². The fourth-order valence-electron chi connectivity index (χ4n) is 0.637. The van der Waals surface area contributed by atoms with Crippen LogP contribution >= 0.6 is 0 Å². The molecule has 0 aromatic carbocycles. The van der Waals surface area contributed by atoms with Gasteiger partial charge in [0.25, 0.3) is 0 Å². The predicted octanol–water partition coefficient (Wildman–Crippen LogP) is -0.0493. The Morgan fingerprint density at radius 1 is 1.23 bits per heavy atom. The average molecular weight is 187 g/mol. The van der Waals surface area contributed by atoms with Crippen molar-refractivity contribution in [2.75, 3.05) is 33.7 Å². The zero-order valence-corrected chi connectivity index (χ0v) is 8.82. The number of nitrogens with two attached hydrogens (primary N) is 2. The molecule has 0 saturated heterocycles. The van der Waals surface area contributed by atoms with Crippen molar-refractivity contribution in [1.29, 1.82) is 0 Å². The fraction of sp³-hybridized carbons (Fsp3) is 0.875. The van der Waals surface area contributed by atoms with Gasteiger partial charge in [0.05, 0.1) is 12.6 Å². The Balaban J connectivity index is 0. The number of nitrogens with zero attached hydrogens (tertiary/aromatic N) is 3. The maximum absolute atomic E-state index is 4.00. The second kappa shape index (κ2) is 13.8. The average Bonchev–Trinajstić information content (AvgIpc) is 2.14. The first-order chi connectivity index (χ1) is 6.27. The Labute approximate surface area is 80.5 Å². The van der Waals surface area contributed by atoms with Gasteiger partial charge in [0.1, 0.15) is 0 Å². The second-order valence-electron chi connectivity index (χ2n) is 2.61. The first-order valence-corrected chi connectivity index (χ1v) is 4.33. The Hall–Kier alpha value is -0.740. The topological polar surface area (TPSA) is 80.0 Å². The lowest BCUT2D eigenvalue weighted by atomic mass is 10.4. The van der Waals surface area contributed by atoms with Gasteiger partial charge < -0.3 is 4.90 Å². The molecule has 78 valence electrons. The van der Waals surface area contributed by atoms with Gasteiger partial charge in [0.2, 0.25) is 0 Å². The van der Waals surface area contributed by atoms with Crippen LogP contribution in [0.5, 0.6) is 0 Å². The maximum atomic E-state index is 4.00. The second-order valence-corrected chi connectivity index (χ2v) is 2.61. The number of hydrogen-bond donors (Lipinski definition) is 2. The van der Waals surface area contributed by atoms with Gasteiger partial charge in [-0.3, -0.25) is 11.7 Å². The van der Waals surface area contributed by atoms with Crippen molar-refractivity contribution in [3.05, 3.63) is 0 Å². The van der Waals surface area contributed by atoms with E-state index >= 15 is 0 Å². The molecule has 0 heterocycles. The quantitative estimate of drug-likeness (QED) is 0.274. The van der Waals surface area contributed by atoms with E-state index in [-0.39, 0.29) is 0 Å². The highest BCUT2D eigenvalue weighted by molar-refractivity contribution is 5.40. The summed E-state index contributed by atoms with van der Waals surface area (Å²) in [6.07, 6.45) is 1.08. The molecule has 0 aliphatic carbocycles. The molecule has 0 fully saturated rings. The van der Waals surface area contributed by atoms with Gasteiger partial charge in [-0.25, -0.2) is 9.98 Å². The van der Waals surface area contributed by atoms with Crippen LogP contribution in [0.4, 0.5) is 0 Å². The lowest BCUT2D eigenvalue weighted by molar-refractivity contribution is 0.403. The monoisotopic (exact) mass is 187 g/mol. The van der Waals surface area contributed by atoms with Crippen LogP contribution in [0, 0.1) is 0 Å². The van der Waals surface area contributed by atoms with Crippen molar-refractivity contribution in [2.45, 2.75) is 13.3 Å². The number of hydrazine groups is 1. The molecule has 5 heteroatoms. The smallest absolute Gasteiger partial charge is 0.0892 e. The van der Waals surface area contributed by atoms with Crippen LogP contribution in [-0.4, -0.2) is 44.6 Å². The SMILES string of the molecule is CCN=C=NCCCN(C)C.NN. The summed E-state index contributed by atoms with van der Waals surface area (Å²) in [5, 5.41) is 0. The zero-order valence-electron chi connectivity index (χ0n) is 8.82. The minimum absolute atomic E-state index is 0.775. The molecule has 0 aliphatic rings. The Bertz CT molecular complexity index is 137. The molecule has 0 radical (unpaired) electrons. The highest BCUT2D eigenvalue weighted by Crippen LogP contribution is 1.82. The van der Waals surface area contributed by atoms with Crippen molar-refractivity contribution in [3.8, 4) is 0 Å². The summed E-state index contributed by atoms with van der Waals surface area (Å²) in [5.74, 6) is 8.00. The lowest BCUT2D eigenvalue weighted by Gasteiger charge is -2.05. The molecule has 0 rings (SSSR count). The van der Waals surface area contributed by atoms with Crippen LogP contribution in [-0.2, 0) is 0 Å². The van der Waals surface area contributed by atoms with Gasteiger partial charge in [-0.2, -0.15) is 0 Å². The molecular weight excluding hydrogens is 166 g/mol. The van der Waals surface area contributed by atoms with E-state index in [0.29, 0.717) is 0 Å². The van der Waals surface area contributed by atoms with Gasteiger partial charge in [-0.15, -0.1) is 0 Å². The van der Waals surface area contributed by atoms with Gasteiger partial charge in [0.15, 0.2) is 0 Å².